The predicted octanol–water partition coefficient (Wildman–Crippen LogP) is 0.148. The number of nitrogens with one attached hydrogen (secondary N) is 2. The molecule has 1 aliphatic rings. The molecule has 1 unspecified atom stereocenters. The van der Waals surface area contributed by atoms with Gasteiger partial charge in [-0.3, -0.25) is 9.59 Å². The largest absolute Gasteiger partial charge is 0.370 e. The Kier molecular flexibility index (Phi) is 6.62. The molecule has 0 aromatic heterocycles. The molecule has 1 aliphatic heterocycles. The number of unbranched alkanes of at least 4 members (excludes halogenated alkanes) is 1. The molecular formula is C12H23N3O2. The minimum Gasteiger partial charge on any atom is -0.370 e. The number of rotatable bonds is 8. The number of hydrogen-bond acceptors (Lipinski definition) is 3. The van der Waals surface area contributed by atoms with Crippen LogP contribution in [0, 0.1) is 5.92 Å². The third-order valence-corrected chi connectivity index (χ3v) is 3.11. The van der Waals surface area contributed by atoms with Crippen molar-refractivity contribution in [3.05, 3.63) is 0 Å². The van der Waals surface area contributed by atoms with E-state index in [1.54, 1.807) is 0 Å². The molecule has 98 valence electrons. The number of carbonyl (C=O) groups is 2. The molecule has 17 heavy (non-hydrogen) atoms. The third-order valence-electron chi connectivity index (χ3n) is 3.11. The van der Waals surface area contributed by atoms with Gasteiger partial charge >= 0.3 is 0 Å². The highest BCUT2D eigenvalue weighted by Gasteiger charge is 2.15. The van der Waals surface area contributed by atoms with Crippen molar-refractivity contribution in [2.75, 3.05) is 19.6 Å². The zero-order chi connectivity index (χ0) is 12.5. The van der Waals surface area contributed by atoms with E-state index in [1.165, 1.54) is 6.42 Å². The van der Waals surface area contributed by atoms with Crippen LogP contribution in [0.15, 0.2) is 0 Å². The van der Waals surface area contributed by atoms with E-state index in [1.807, 2.05) is 0 Å². The van der Waals surface area contributed by atoms with Gasteiger partial charge in [-0.1, -0.05) is 0 Å². The fraction of sp³-hybridized carbons (Fsp3) is 0.833. The Hall–Kier alpha value is -1.10. The van der Waals surface area contributed by atoms with Gasteiger partial charge in [0.15, 0.2) is 0 Å². The highest BCUT2D eigenvalue weighted by molar-refractivity contribution is 5.75. The normalized spacial score (nSPS) is 19.2. The van der Waals surface area contributed by atoms with E-state index >= 15 is 0 Å². The minimum absolute atomic E-state index is 0.121. The van der Waals surface area contributed by atoms with E-state index in [0.29, 0.717) is 25.3 Å². The molecule has 1 rings (SSSR count). The first-order valence-electron chi connectivity index (χ1n) is 6.44. The van der Waals surface area contributed by atoms with Crippen molar-refractivity contribution in [3.63, 3.8) is 0 Å². The molecule has 1 heterocycles. The molecule has 0 radical (unpaired) electrons. The first kappa shape index (κ1) is 14.0. The topological polar surface area (TPSA) is 84.2 Å². The zero-order valence-electron chi connectivity index (χ0n) is 10.3. The Morgan fingerprint density at radius 3 is 2.76 bits per heavy atom. The standard InChI is InChI=1S/C12H23N3O2/c13-11(16)3-1-2-7-15-12(17)5-4-10-6-8-14-9-10/h10,14H,1-9H2,(H2,13,16)(H,15,17). The van der Waals surface area contributed by atoms with E-state index in [9.17, 15) is 9.59 Å². The van der Waals surface area contributed by atoms with Crippen LogP contribution in [-0.2, 0) is 9.59 Å². The minimum atomic E-state index is -0.273. The first-order chi connectivity index (χ1) is 8.18. The third kappa shape index (κ3) is 6.94. The van der Waals surface area contributed by atoms with Gasteiger partial charge < -0.3 is 16.4 Å². The average Bonchev–Trinajstić information content (AvgIpc) is 2.78. The summed E-state index contributed by atoms with van der Waals surface area (Å²) in [6, 6.07) is 0. The monoisotopic (exact) mass is 241 g/mol. The van der Waals surface area contributed by atoms with E-state index in [-0.39, 0.29) is 11.8 Å². The summed E-state index contributed by atoms with van der Waals surface area (Å²) in [6.45, 7) is 2.78. The molecular weight excluding hydrogens is 218 g/mol. The Balaban J connectivity index is 1.92. The second kappa shape index (κ2) is 8.06. The molecule has 2 amide bonds. The number of primary amides is 1. The quantitative estimate of drug-likeness (QED) is 0.529. The van der Waals surface area contributed by atoms with Gasteiger partial charge in [-0.2, -0.15) is 0 Å². The van der Waals surface area contributed by atoms with Crippen LogP contribution in [-0.4, -0.2) is 31.4 Å². The van der Waals surface area contributed by atoms with Crippen molar-refractivity contribution < 1.29 is 9.59 Å². The lowest BCUT2D eigenvalue weighted by molar-refractivity contribution is -0.121. The Labute approximate surface area is 103 Å². The molecule has 0 saturated carbocycles. The van der Waals surface area contributed by atoms with Gasteiger partial charge in [-0.15, -0.1) is 0 Å². The second-order valence-electron chi connectivity index (χ2n) is 4.67. The van der Waals surface area contributed by atoms with Crippen molar-refractivity contribution in [2.45, 2.75) is 38.5 Å². The summed E-state index contributed by atoms with van der Waals surface area (Å²) in [5, 5.41) is 6.16. The van der Waals surface area contributed by atoms with Gasteiger partial charge in [0.05, 0.1) is 0 Å². The van der Waals surface area contributed by atoms with Crippen LogP contribution < -0.4 is 16.4 Å². The summed E-state index contributed by atoms with van der Waals surface area (Å²) in [5.74, 6) is 0.511. The highest BCUT2D eigenvalue weighted by Crippen LogP contribution is 2.13. The molecule has 0 spiro atoms. The molecule has 1 fully saturated rings. The van der Waals surface area contributed by atoms with Crippen LogP contribution >= 0.6 is 0 Å². The summed E-state index contributed by atoms with van der Waals surface area (Å²) in [6.07, 6.45) is 4.75. The van der Waals surface area contributed by atoms with E-state index in [4.69, 9.17) is 5.73 Å². The number of amides is 2. The van der Waals surface area contributed by atoms with E-state index in [0.717, 1.165) is 32.4 Å². The summed E-state index contributed by atoms with van der Waals surface area (Å²) in [5.41, 5.74) is 5.02. The molecule has 1 atom stereocenters. The maximum absolute atomic E-state index is 11.5. The molecule has 5 nitrogen and oxygen atoms in total. The lowest BCUT2D eigenvalue weighted by Gasteiger charge is -2.08. The fourth-order valence-corrected chi connectivity index (χ4v) is 2.04. The Morgan fingerprint density at radius 1 is 1.29 bits per heavy atom. The second-order valence-corrected chi connectivity index (χ2v) is 4.67. The van der Waals surface area contributed by atoms with Crippen molar-refractivity contribution in [1.82, 2.24) is 10.6 Å². The summed E-state index contributed by atoms with van der Waals surface area (Å²) < 4.78 is 0. The molecule has 0 bridgehead atoms. The van der Waals surface area contributed by atoms with Crippen LogP contribution in [0.25, 0.3) is 0 Å². The maximum atomic E-state index is 11.5. The van der Waals surface area contributed by atoms with Gasteiger partial charge in [0.25, 0.3) is 0 Å². The van der Waals surface area contributed by atoms with Crippen LogP contribution in [0.4, 0.5) is 0 Å². The number of nitrogens with two attached hydrogens (primary N) is 1. The molecule has 5 heteroatoms. The summed E-state index contributed by atoms with van der Waals surface area (Å²) in [7, 11) is 0. The van der Waals surface area contributed by atoms with Gasteiger partial charge in [0.2, 0.25) is 11.8 Å². The van der Waals surface area contributed by atoms with E-state index in [2.05, 4.69) is 10.6 Å². The highest BCUT2D eigenvalue weighted by atomic mass is 16.1. The lowest BCUT2D eigenvalue weighted by atomic mass is 10.0. The first-order valence-corrected chi connectivity index (χ1v) is 6.44. The van der Waals surface area contributed by atoms with Crippen LogP contribution in [0.1, 0.15) is 38.5 Å². The van der Waals surface area contributed by atoms with Crippen molar-refractivity contribution in [3.8, 4) is 0 Å². The van der Waals surface area contributed by atoms with Crippen molar-refractivity contribution >= 4 is 11.8 Å². The number of hydrogen-bond donors (Lipinski definition) is 3. The molecule has 4 N–H and O–H groups in total. The van der Waals surface area contributed by atoms with Gasteiger partial charge in [-0.25, -0.2) is 0 Å². The summed E-state index contributed by atoms with van der Waals surface area (Å²) >= 11 is 0. The van der Waals surface area contributed by atoms with Crippen LogP contribution in [0.3, 0.4) is 0 Å². The predicted molar refractivity (Wildman–Crippen MR) is 66.3 cm³/mol. The van der Waals surface area contributed by atoms with Crippen LogP contribution in [0.2, 0.25) is 0 Å². The zero-order valence-corrected chi connectivity index (χ0v) is 10.3. The van der Waals surface area contributed by atoms with Crippen molar-refractivity contribution in [1.29, 1.82) is 0 Å². The SMILES string of the molecule is NC(=O)CCCCNC(=O)CCC1CCNC1. The Morgan fingerprint density at radius 2 is 2.12 bits per heavy atom. The van der Waals surface area contributed by atoms with E-state index < -0.39 is 0 Å². The van der Waals surface area contributed by atoms with Gasteiger partial charge in [0, 0.05) is 19.4 Å². The lowest BCUT2D eigenvalue weighted by Crippen LogP contribution is -2.25. The van der Waals surface area contributed by atoms with Gasteiger partial charge in [-0.05, 0) is 44.7 Å². The maximum Gasteiger partial charge on any atom is 0.220 e. The molecule has 0 aromatic rings. The summed E-state index contributed by atoms with van der Waals surface area (Å²) in [4.78, 5) is 21.9. The van der Waals surface area contributed by atoms with Crippen LogP contribution in [0.5, 0.6) is 0 Å². The van der Waals surface area contributed by atoms with Gasteiger partial charge in [0.1, 0.15) is 0 Å². The molecule has 0 aromatic carbocycles. The average molecular weight is 241 g/mol. The van der Waals surface area contributed by atoms with Crippen molar-refractivity contribution in [2.24, 2.45) is 11.7 Å². The number of carbonyl (C=O) groups excluding carboxylic acids is 2. The fourth-order valence-electron chi connectivity index (χ4n) is 2.04. The smallest absolute Gasteiger partial charge is 0.220 e. The Bertz CT molecular complexity index is 250. The molecule has 1 saturated heterocycles. The molecule has 0 aliphatic carbocycles.